The van der Waals surface area contributed by atoms with Crippen molar-refractivity contribution in [2.45, 2.75) is 32.7 Å². The van der Waals surface area contributed by atoms with E-state index in [4.69, 9.17) is 16.3 Å². The first-order valence-electron chi connectivity index (χ1n) is 11.4. The molecule has 1 aromatic carbocycles. The van der Waals surface area contributed by atoms with Crippen LogP contribution in [0.3, 0.4) is 0 Å². The van der Waals surface area contributed by atoms with Crippen LogP contribution in [0.25, 0.3) is 10.9 Å². The molecule has 10 nitrogen and oxygen atoms in total. The van der Waals surface area contributed by atoms with Gasteiger partial charge < -0.3 is 20.4 Å². The molecule has 1 saturated heterocycles. The van der Waals surface area contributed by atoms with Gasteiger partial charge >= 0.3 is 0 Å². The molecule has 3 rings (SSSR count). The molecule has 2 aromatic rings. The number of aromatic nitrogens is 1. The largest absolute Gasteiger partial charge is 0.496 e. The second kappa shape index (κ2) is 11.4. The van der Waals surface area contributed by atoms with Gasteiger partial charge in [-0.2, -0.15) is 4.31 Å². The lowest BCUT2D eigenvalue weighted by atomic mass is 9.99. The number of Topliss-reactive ketones (excluding diaryl/α,β-unsaturated/α-hetero) is 1. The van der Waals surface area contributed by atoms with Crippen LogP contribution >= 0.6 is 11.6 Å². The summed E-state index contributed by atoms with van der Waals surface area (Å²) in [4.78, 5) is 41.3. The van der Waals surface area contributed by atoms with Crippen LogP contribution in [0.5, 0.6) is 5.75 Å². The fourth-order valence-corrected chi connectivity index (χ4v) is 5.38. The third kappa shape index (κ3) is 6.53. The first-order valence-corrected chi connectivity index (χ1v) is 13.5. The molecule has 0 bridgehead atoms. The highest BCUT2D eigenvalue weighted by Crippen LogP contribution is 2.26. The van der Waals surface area contributed by atoms with Crippen LogP contribution in [0.4, 0.5) is 0 Å². The standard InChI is InChI=1S/C23H31ClN4O6S/c1-14(2)9-18(27-23(31)19-10-16-17(26-19)5-4-6-21(16)34-3)20(29)12-28(35(32,33)13-24)11-15-7-8-25-22(15)30/h4-6,10,14-15,18,26H,7-9,11-13H2,1-3H3,(H,25,30)(H,27,31)/t15-,18-/m0/s1. The normalized spacial score (nSPS) is 17.1. The number of sulfonamides is 1. The molecule has 1 aliphatic heterocycles. The molecule has 3 N–H and O–H groups in total. The molecule has 0 spiro atoms. The Balaban J connectivity index is 1.80. The van der Waals surface area contributed by atoms with E-state index in [-0.39, 0.29) is 24.1 Å². The maximum atomic E-state index is 13.3. The zero-order chi connectivity index (χ0) is 25.8. The highest BCUT2D eigenvalue weighted by molar-refractivity contribution is 7.90. The summed E-state index contributed by atoms with van der Waals surface area (Å²) < 4.78 is 31.4. The molecule has 0 aliphatic carbocycles. The zero-order valence-electron chi connectivity index (χ0n) is 20.0. The quantitative estimate of drug-likeness (QED) is 0.361. The molecule has 192 valence electrons. The molecular formula is C23H31ClN4O6S. The number of hydrogen-bond donors (Lipinski definition) is 3. The highest BCUT2D eigenvalue weighted by Gasteiger charge is 2.34. The van der Waals surface area contributed by atoms with Gasteiger partial charge in [0, 0.05) is 24.0 Å². The Hall–Kier alpha value is -2.63. The number of H-pyrrole nitrogens is 1. The topological polar surface area (TPSA) is 138 Å². The van der Waals surface area contributed by atoms with E-state index in [2.05, 4.69) is 15.6 Å². The lowest BCUT2D eigenvalue weighted by Gasteiger charge is -2.26. The number of carbonyl (C=O) groups excluding carboxylic acids is 3. The van der Waals surface area contributed by atoms with Gasteiger partial charge in [-0.25, -0.2) is 8.42 Å². The van der Waals surface area contributed by atoms with Crippen molar-refractivity contribution < 1.29 is 27.5 Å². The van der Waals surface area contributed by atoms with E-state index < -0.39 is 45.4 Å². The third-order valence-corrected chi connectivity index (χ3v) is 8.11. The Morgan fingerprint density at radius 1 is 1.31 bits per heavy atom. The number of ether oxygens (including phenoxy) is 1. The molecule has 35 heavy (non-hydrogen) atoms. The van der Waals surface area contributed by atoms with Crippen LogP contribution in [0.1, 0.15) is 37.2 Å². The van der Waals surface area contributed by atoms with Crippen molar-refractivity contribution in [3.8, 4) is 5.75 Å². The average molecular weight is 527 g/mol. The molecule has 0 unspecified atom stereocenters. The van der Waals surface area contributed by atoms with Crippen LogP contribution in [-0.2, 0) is 19.6 Å². The average Bonchev–Trinajstić information content (AvgIpc) is 3.43. The summed E-state index contributed by atoms with van der Waals surface area (Å²) in [5.41, 5.74) is 0.953. The van der Waals surface area contributed by atoms with E-state index in [1.54, 1.807) is 24.3 Å². The number of amides is 2. The SMILES string of the molecule is COc1cccc2[nH]c(C(=O)N[C@@H](CC(C)C)C(=O)CN(C[C@@H]3CCNC3=O)S(=O)(=O)CCl)cc12. The van der Waals surface area contributed by atoms with Crippen molar-refractivity contribution in [1.29, 1.82) is 0 Å². The predicted molar refractivity (Wildman–Crippen MR) is 133 cm³/mol. The maximum absolute atomic E-state index is 13.3. The van der Waals surface area contributed by atoms with Crippen LogP contribution in [-0.4, -0.2) is 73.3 Å². The van der Waals surface area contributed by atoms with Gasteiger partial charge in [-0.1, -0.05) is 19.9 Å². The summed E-state index contributed by atoms with van der Waals surface area (Å²) in [7, 11) is -2.43. The Morgan fingerprint density at radius 2 is 2.06 bits per heavy atom. The van der Waals surface area contributed by atoms with E-state index in [0.29, 0.717) is 30.7 Å². The number of methoxy groups -OCH3 is 1. The van der Waals surface area contributed by atoms with E-state index in [0.717, 1.165) is 9.69 Å². The van der Waals surface area contributed by atoms with Gasteiger partial charge in [-0.15, -0.1) is 11.6 Å². The molecule has 2 heterocycles. The minimum Gasteiger partial charge on any atom is -0.496 e. The Labute approximate surface area is 209 Å². The number of ketones is 1. The van der Waals surface area contributed by atoms with Crippen molar-refractivity contribution in [2.24, 2.45) is 11.8 Å². The number of nitrogens with one attached hydrogen (secondary N) is 3. The number of rotatable bonds is 12. The first kappa shape index (κ1) is 27.0. The number of carbonyl (C=O) groups is 3. The lowest BCUT2D eigenvalue weighted by molar-refractivity contribution is -0.124. The van der Waals surface area contributed by atoms with Crippen molar-refractivity contribution in [3.05, 3.63) is 30.0 Å². The van der Waals surface area contributed by atoms with Crippen LogP contribution in [0.15, 0.2) is 24.3 Å². The van der Waals surface area contributed by atoms with E-state index in [9.17, 15) is 22.8 Å². The van der Waals surface area contributed by atoms with Gasteiger partial charge in [0.25, 0.3) is 5.91 Å². The van der Waals surface area contributed by atoms with Gasteiger partial charge in [0.2, 0.25) is 15.9 Å². The molecular weight excluding hydrogens is 496 g/mol. The number of hydrogen-bond acceptors (Lipinski definition) is 6. The van der Waals surface area contributed by atoms with Crippen molar-refractivity contribution in [2.75, 3.05) is 32.0 Å². The first-order chi connectivity index (χ1) is 16.6. The molecule has 1 aliphatic rings. The number of alkyl halides is 1. The van der Waals surface area contributed by atoms with Gasteiger partial charge in [0.1, 0.15) is 16.7 Å². The minimum absolute atomic E-state index is 0.0470. The summed E-state index contributed by atoms with van der Waals surface area (Å²) in [5.74, 6) is -1.14. The van der Waals surface area contributed by atoms with Crippen molar-refractivity contribution >= 4 is 50.1 Å². The van der Waals surface area contributed by atoms with Crippen LogP contribution in [0, 0.1) is 11.8 Å². The Morgan fingerprint density at radius 3 is 2.66 bits per heavy atom. The van der Waals surface area contributed by atoms with E-state index in [1.807, 2.05) is 13.8 Å². The third-order valence-electron chi connectivity index (χ3n) is 5.94. The summed E-state index contributed by atoms with van der Waals surface area (Å²) in [5, 5.41) is 5.42. The second-order valence-corrected chi connectivity index (χ2v) is 11.6. The molecule has 2 atom stereocenters. The molecule has 0 saturated carbocycles. The lowest BCUT2D eigenvalue weighted by Crippen LogP contribution is -2.49. The van der Waals surface area contributed by atoms with Gasteiger partial charge in [-0.05, 0) is 37.0 Å². The number of halogens is 1. The summed E-state index contributed by atoms with van der Waals surface area (Å²) in [6, 6.07) is 6.09. The fraction of sp³-hybridized carbons (Fsp3) is 0.522. The monoisotopic (exact) mass is 526 g/mol. The summed E-state index contributed by atoms with van der Waals surface area (Å²) in [6.07, 6.45) is 0.782. The van der Waals surface area contributed by atoms with Gasteiger partial charge in [0.05, 0.1) is 25.6 Å². The van der Waals surface area contributed by atoms with Crippen molar-refractivity contribution in [1.82, 2.24) is 19.9 Å². The Kier molecular flexibility index (Phi) is 8.79. The van der Waals surface area contributed by atoms with Crippen LogP contribution in [0.2, 0.25) is 0 Å². The molecule has 12 heteroatoms. The summed E-state index contributed by atoms with van der Waals surface area (Å²) >= 11 is 5.66. The maximum Gasteiger partial charge on any atom is 0.268 e. The molecule has 2 amide bonds. The number of nitrogens with zero attached hydrogens (tertiary/aromatic N) is 1. The van der Waals surface area contributed by atoms with Crippen molar-refractivity contribution in [3.63, 3.8) is 0 Å². The number of benzene rings is 1. The predicted octanol–water partition coefficient (Wildman–Crippen LogP) is 1.85. The van der Waals surface area contributed by atoms with E-state index in [1.165, 1.54) is 7.11 Å². The second-order valence-electron chi connectivity index (χ2n) is 9.02. The molecule has 1 fully saturated rings. The number of aromatic amines is 1. The minimum atomic E-state index is -3.97. The summed E-state index contributed by atoms with van der Waals surface area (Å²) in [6.45, 7) is 3.62. The van der Waals surface area contributed by atoms with Gasteiger partial charge in [-0.3, -0.25) is 14.4 Å². The highest BCUT2D eigenvalue weighted by atomic mass is 35.5. The van der Waals surface area contributed by atoms with E-state index >= 15 is 0 Å². The zero-order valence-corrected chi connectivity index (χ0v) is 21.5. The fourth-order valence-electron chi connectivity index (χ4n) is 4.10. The molecule has 0 radical (unpaired) electrons. The van der Waals surface area contributed by atoms with Gasteiger partial charge in [0.15, 0.2) is 5.78 Å². The Bertz CT molecular complexity index is 1200. The van der Waals surface area contributed by atoms with Crippen LogP contribution < -0.4 is 15.4 Å². The number of fused-ring (bicyclic) bond motifs is 1. The molecule has 1 aromatic heterocycles. The smallest absolute Gasteiger partial charge is 0.268 e.